The fourth-order valence-electron chi connectivity index (χ4n) is 1.62. The molecule has 5 nitrogen and oxygen atoms in total. The molecular formula is C14H20ClFN2O3. The predicted octanol–water partition coefficient (Wildman–Crippen LogP) is 1.56. The van der Waals surface area contributed by atoms with Gasteiger partial charge in [0.15, 0.2) is 0 Å². The fourth-order valence-corrected chi connectivity index (χ4v) is 1.62. The Morgan fingerprint density at radius 3 is 2.38 bits per heavy atom. The summed E-state index contributed by atoms with van der Waals surface area (Å²) in [6.45, 7) is 1.90. The normalized spacial score (nSPS) is 12.8. The largest absolute Gasteiger partial charge is 0.469 e. The second-order valence-electron chi connectivity index (χ2n) is 4.53. The van der Waals surface area contributed by atoms with Crippen LogP contribution < -0.4 is 11.1 Å². The van der Waals surface area contributed by atoms with E-state index in [0.29, 0.717) is 5.56 Å². The third kappa shape index (κ3) is 6.10. The number of rotatable bonds is 6. The number of carbonyl (C=O) groups is 2. The minimum absolute atomic E-state index is 0. The maximum absolute atomic E-state index is 12.9. The molecule has 3 N–H and O–H groups in total. The summed E-state index contributed by atoms with van der Waals surface area (Å²) in [6.07, 6.45) is -0.0227. The first kappa shape index (κ1) is 19.3. The van der Waals surface area contributed by atoms with Gasteiger partial charge in [-0.2, -0.15) is 0 Å². The zero-order valence-corrected chi connectivity index (χ0v) is 12.8. The standard InChI is InChI=1S/C14H19FN2O3.ClH/c1-9(8-16)14(19)17-12(7-13(18)20-2)10-3-5-11(15)6-4-10;/h3-6,9,12H,7-8,16H2,1-2H3,(H,17,19);1H. The van der Waals surface area contributed by atoms with Crippen molar-refractivity contribution in [2.75, 3.05) is 13.7 Å². The number of nitrogens with one attached hydrogen (secondary N) is 1. The highest BCUT2D eigenvalue weighted by molar-refractivity contribution is 5.85. The van der Waals surface area contributed by atoms with Crippen LogP contribution in [-0.4, -0.2) is 25.5 Å². The van der Waals surface area contributed by atoms with Crippen LogP contribution in [0.25, 0.3) is 0 Å². The molecule has 0 aliphatic heterocycles. The van der Waals surface area contributed by atoms with Crippen molar-refractivity contribution >= 4 is 24.3 Å². The molecule has 1 rings (SSSR count). The van der Waals surface area contributed by atoms with Crippen molar-refractivity contribution in [1.29, 1.82) is 0 Å². The van der Waals surface area contributed by atoms with Crippen molar-refractivity contribution in [2.45, 2.75) is 19.4 Å². The lowest BCUT2D eigenvalue weighted by Gasteiger charge is -2.20. The highest BCUT2D eigenvalue weighted by Crippen LogP contribution is 2.18. The molecule has 21 heavy (non-hydrogen) atoms. The van der Waals surface area contributed by atoms with E-state index in [0.717, 1.165) is 0 Å². The van der Waals surface area contributed by atoms with Gasteiger partial charge in [0.05, 0.1) is 19.6 Å². The van der Waals surface area contributed by atoms with E-state index in [9.17, 15) is 14.0 Å². The number of methoxy groups -OCH3 is 1. The Morgan fingerprint density at radius 2 is 1.90 bits per heavy atom. The van der Waals surface area contributed by atoms with E-state index in [4.69, 9.17) is 5.73 Å². The van der Waals surface area contributed by atoms with Gasteiger partial charge in [-0.15, -0.1) is 12.4 Å². The predicted molar refractivity (Wildman–Crippen MR) is 79.4 cm³/mol. The highest BCUT2D eigenvalue weighted by Gasteiger charge is 2.21. The maximum atomic E-state index is 12.9. The van der Waals surface area contributed by atoms with Gasteiger partial charge in [-0.3, -0.25) is 9.59 Å². The van der Waals surface area contributed by atoms with Gasteiger partial charge in [0.1, 0.15) is 5.82 Å². The molecule has 0 saturated carbocycles. The van der Waals surface area contributed by atoms with Gasteiger partial charge in [-0.1, -0.05) is 19.1 Å². The molecule has 0 aromatic heterocycles. The Balaban J connectivity index is 0.00000400. The molecule has 0 radical (unpaired) electrons. The van der Waals surface area contributed by atoms with Crippen molar-refractivity contribution in [1.82, 2.24) is 5.32 Å². The van der Waals surface area contributed by atoms with Crippen LogP contribution in [0.2, 0.25) is 0 Å². The summed E-state index contributed by atoms with van der Waals surface area (Å²) >= 11 is 0. The molecule has 1 aromatic carbocycles. The molecule has 0 aliphatic rings. The first-order chi connectivity index (χ1) is 9.47. The Morgan fingerprint density at radius 1 is 1.33 bits per heavy atom. The minimum Gasteiger partial charge on any atom is -0.469 e. The first-order valence-electron chi connectivity index (χ1n) is 6.30. The first-order valence-corrected chi connectivity index (χ1v) is 6.30. The molecule has 2 unspecified atom stereocenters. The van der Waals surface area contributed by atoms with Crippen LogP contribution in [0.15, 0.2) is 24.3 Å². The average molecular weight is 319 g/mol. The summed E-state index contributed by atoms with van der Waals surface area (Å²) in [5.41, 5.74) is 6.07. The van der Waals surface area contributed by atoms with Crippen molar-refractivity contribution in [3.63, 3.8) is 0 Å². The molecule has 118 valence electrons. The Kier molecular flexibility index (Phi) is 8.57. The molecular weight excluding hydrogens is 299 g/mol. The number of amides is 1. The molecule has 1 amide bonds. The topological polar surface area (TPSA) is 81.4 Å². The monoisotopic (exact) mass is 318 g/mol. The second-order valence-corrected chi connectivity index (χ2v) is 4.53. The zero-order chi connectivity index (χ0) is 15.1. The number of esters is 1. The van der Waals surface area contributed by atoms with Crippen LogP contribution in [0.1, 0.15) is 24.9 Å². The third-order valence-corrected chi connectivity index (χ3v) is 2.99. The van der Waals surface area contributed by atoms with Crippen molar-refractivity contribution < 1.29 is 18.7 Å². The van der Waals surface area contributed by atoms with Gasteiger partial charge < -0.3 is 15.8 Å². The third-order valence-electron chi connectivity index (χ3n) is 2.99. The van der Waals surface area contributed by atoms with Crippen LogP contribution in [-0.2, 0) is 14.3 Å². The number of hydrogen-bond donors (Lipinski definition) is 2. The fraction of sp³-hybridized carbons (Fsp3) is 0.429. The summed E-state index contributed by atoms with van der Waals surface area (Å²) < 4.78 is 17.5. The van der Waals surface area contributed by atoms with Gasteiger partial charge in [-0.25, -0.2) is 4.39 Å². The molecule has 0 saturated heterocycles. The Labute approximate surface area is 129 Å². The lowest BCUT2D eigenvalue weighted by atomic mass is 10.0. The number of hydrogen-bond acceptors (Lipinski definition) is 4. The van der Waals surface area contributed by atoms with E-state index in [2.05, 4.69) is 10.1 Å². The number of nitrogens with two attached hydrogens (primary N) is 1. The zero-order valence-electron chi connectivity index (χ0n) is 12.0. The van der Waals surface area contributed by atoms with E-state index >= 15 is 0 Å². The summed E-state index contributed by atoms with van der Waals surface area (Å²) in [5.74, 6) is -1.46. The molecule has 0 heterocycles. The van der Waals surface area contributed by atoms with Crippen LogP contribution in [0.4, 0.5) is 4.39 Å². The van der Waals surface area contributed by atoms with E-state index in [-0.39, 0.29) is 43.0 Å². The van der Waals surface area contributed by atoms with Crippen molar-refractivity contribution in [3.8, 4) is 0 Å². The average Bonchev–Trinajstić information content (AvgIpc) is 2.46. The van der Waals surface area contributed by atoms with Crippen molar-refractivity contribution in [2.24, 2.45) is 11.7 Å². The Bertz CT molecular complexity index is 468. The molecule has 0 aliphatic carbocycles. The van der Waals surface area contributed by atoms with Crippen LogP contribution in [0.5, 0.6) is 0 Å². The van der Waals surface area contributed by atoms with Gasteiger partial charge in [0.2, 0.25) is 5.91 Å². The SMILES string of the molecule is COC(=O)CC(NC(=O)C(C)CN)c1ccc(F)cc1.Cl. The van der Waals surface area contributed by atoms with Crippen LogP contribution in [0, 0.1) is 11.7 Å². The van der Waals surface area contributed by atoms with E-state index in [1.807, 2.05) is 0 Å². The summed E-state index contributed by atoms with van der Waals surface area (Å²) in [7, 11) is 1.27. The van der Waals surface area contributed by atoms with Gasteiger partial charge in [0, 0.05) is 12.5 Å². The molecule has 7 heteroatoms. The van der Waals surface area contributed by atoms with E-state index in [1.165, 1.54) is 31.4 Å². The molecule has 0 fully saturated rings. The minimum atomic E-state index is -0.565. The number of carbonyl (C=O) groups excluding carboxylic acids is 2. The second kappa shape index (κ2) is 9.31. The summed E-state index contributed by atoms with van der Waals surface area (Å²) in [5, 5.41) is 2.73. The van der Waals surface area contributed by atoms with Crippen molar-refractivity contribution in [3.05, 3.63) is 35.6 Å². The molecule has 1 aromatic rings. The molecule has 0 bridgehead atoms. The molecule has 0 spiro atoms. The van der Waals surface area contributed by atoms with E-state index in [1.54, 1.807) is 6.92 Å². The van der Waals surface area contributed by atoms with Gasteiger partial charge in [-0.05, 0) is 17.7 Å². The highest BCUT2D eigenvalue weighted by atomic mass is 35.5. The number of benzene rings is 1. The lowest BCUT2D eigenvalue weighted by Crippen LogP contribution is -2.36. The number of ether oxygens (including phenoxy) is 1. The lowest BCUT2D eigenvalue weighted by molar-refractivity contribution is -0.141. The smallest absolute Gasteiger partial charge is 0.307 e. The maximum Gasteiger partial charge on any atom is 0.307 e. The van der Waals surface area contributed by atoms with Crippen LogP contribution in [0.3, 0.4) is 0 Å². The number of halogens is 2. The van der Waals surface area contributed by atoms with Crippen LogP contribution >= 0.6 is 12.4 Å². The van der Waals surface area contributed by atoms with Gasteiger partial charge in [0.25, 0.3) is 0 Å². The Hall–Kier alpha value is -1.66. The molecule has 2 atom stereocenters. The summed E-state index contributed by atoms with van der Waals surface area (Å²) in [6, 6.07) is 5.03. The van der Waals surface area contributed by atoms with E-state index < -0.39 is 12.0 Å². The van der Waals surface area contributed by atoms with Gasteiger partial charge >= 0.3 is 5.97 Å². The quantitative estimate of drug-likeness (QED) is 0.780. The summed E-state index contributed by atoms with van der Waals surface area (Å²) in [4.78, 5) is 23.3.